The second-order valence-corrected chi connectivity index (χ2v) is 7.90. The molecule has 0 unspecified atom stereocenters. The Kier molecular flexibility index (Phi) is 14.5. The van der Waals surface area contributed by atoms with Crippen LogP contribution in [0.4, 0.5) is 0 Å². The zero-order valence-corrected chi connectivity index (χ0v) is 19.0. The van der Waals surface area contributed by atoms with Crippen molar-refractivity contribution in [1.29, 1.82) is 0 Å². The molecule has 0 amide bonds. The van der Waals surface area contributed by atoms with Crippen molar-refractivity contribution in [2.45, 2.75) is 90.8 Å². The van der Waals surface area contributed by atoms with Crippen LogP contribution in [-0.4, -0.2) is 29.9 Å². The van der Waals surface area contributed by atoms with Crippen LogP contribution in [0.3, 0.4) is 0 Å². The molecular formula is C26H40O4. The van der Waals surface area contributed by atoms with Crippen LogP contribution >= 0.6 is 0 Å². The summed E-state index contributed by atoms with van der Waals surface area (Å²) in [6.45, 7) is 6.38. The van der Waals surface area contributed by atoms with Gasteiger partial charge in [-0.15, -0.1) is 0 Å². The van der Waals surface area contributed by atoms with Crippen molar-refractivity contribution in [2.24, 2.45) is 0 Å². The van der Waals surface area contributed by atoms with E-state index in [2.05, 4.69) is 6.92 Å². The number of benzene rings is 1. The van der Waals surface area contributed by atoms with Crippen molar-refractivity contribution < 1.29 is 19.4 Å². The fraction of sp³-hybridized carbons (Fsp3) is 0.577. The number of ether oxygens (including phenoxy) is 2. The lowest BCUT2D eigenvalue weighted by Gasteiger charge is -2.10. The molecule has 0 aliphatic heterocycles. The minimum Gasteiger partial charge on any atom is -0.493 e. The Bertz CT molecular complexity index is 634. The van der Waals surface area contributed by atoms with Crippen LogP contribution in [0.15, 0.2) is 42.5 Å². The third-order valence-corrected chi connectivity index (χ3v) is 4.64. The Morgan fingerprint density at radius 3 is 2.53 bits per heavy atom. The minimum atomic E-state index is -0.391. The van der Waals surface area contributed by atoms with Gasteiger partial charge in [-0.1, -0.05) is 88.0 Å². The van der Waals surface area contributed by atoms with E-state index in [1.54, 1.807) is 0 Å². The number of unbranched alkanes of at least 4 members (excludes halogenated alkanes) is 5. The van der Waals surface area contributed by atoms with Crippen LogP contribution in [0.2, 0.25) is 0 Å². The Morgan fingerprint density at radius 2 is 1.77 bits per heavy atom. The van der Waals surface area contributed by atoms with Gasteiger partial charge in [0.05, 0.1) is 18.8 Å². The van der Waals surface area contributed by atoms with Crippen LogP contribution in [0.5, 0.6) is 5.75 Å². The zero-order chi connectivity index (χ0) is 22.0. The Morgan fingerprint density at radius 1 is 1.03 bits per heavy atom. The Labute approximate surface area is 183 Å². The topological polar surface area (TPSA) is 55.8 Å². The van der Waals surface area contributed by atoms with E-state index >= 15 is 0 Å². The first-order valence-electron chi connectivity index (χ1n) is 11.5. The number of rotatable bonds is 16. The smallest absolute Gasteiger partial charge is 0.306 e. The Hall–Kier alpha value is -2.07. The van der Waals surface area contributed by atoms with E-state index in [1.807, 2.05) is 62.4 Å². The van der Waals surface area contributed by atoms with Crippen molar-refractivity contribution >= 4 is 12.0 Å². The maximum Gasteiger partial charge on any atom is 0.306 e. The van der Waals surface area contributed by atoms with Crippen molar-refractivity contribution in [1.82, 2.24) is 0 Å². The lowest BCUT2D eigenvalue weighted by atomic mass is 10.1. The van der Waals surface area contributed by atoms with Gasteiger partial charge in [-0.2, -0.15) is 0 Å². The largest absolute Gasteiger partial charge is 0.493 e. The number of esters is 1. The first-order chi connectivity index (χ1) is 14.5. The van der Waals surface area contributed by atoms with Crippen LogP contribution < -0.4 is 4.74 Å². The highest BCUT2D eigenvalue weighted by atomic mass is 16.5. The van der Waals surface area contributed by atoms with E-state index in [4.69, 9.17) is 9.47 Å². The lowest BCUT2D eigenvalue weighted by Crippen LogP contribution is -2.12. The zero-order valence-electron chi connectivity index (χ0n) is 19.0. The number of aliphatic hydroxyl groups excluding tert-OH is 1. The van der Waals surface area contributed by atoms with Gasteiger partial charge in [-0.3, -0.25) is 4.79 Å². The molecule has 0 heterocycles. The molecule has 0 fully saturated rings. The van der Waals surface area contributed by atoms with Gasteiger partial charge in [0.15, 0.2) is 0 Å². The highest BCUT2D eigenvalue weighted by Gasteiger charge is 2.06. The first-order valence-corrected chi connectivity index (χ1v) is 11.5. The molecule has 0 bridgehead atoms. The summed E-state index contributed by atoms with van der Waals surface area (Å²) in [7, 11) is 0. The predicted molar refractivity (Wildman–Crippen MR) is 125 cm³/mol. The van der Waals surface area contributed by atoms with E-state index in [9.17, 15) is 9.90 Å². The van der Waals surface area contributed by atoms with Gasteiger partial charge in [0.2, 0.25) is 0 Å². The molecule has 30 heavy (non-hydrogen) atoms. The average Bonchev–Trinajstić information content (AvgIpc) is 2.71. The van der Waals surface area contributed by atoms with Gasteiger partial charge < -0.3 is 14.6 Å². The number of hydrogen-bond donors (Lipinski definition) is 1. The Balaban J connectivity index is 2.34. The monoisotopic (exact) mass is 416 g/mol. The van der Waals surface area contributed by atoms with Crippen molar-refractivity contribution in [3.63, 3.8) is 0 Å². The molecule has 0 spiro atoms. The number of carbonyl (C=O) groups excluding carboxylic acids is 1. The average molecular weight is 417 g/mol. The summed E-state index contributed by atoms with van der Waals surface area (Å²) in [6, 6.07) is 7.80. The molecule has 4 nitrogen and oxygen atoms in total. The fourth-order valence-corrected chi connectivity index (χ4v) is 3.05. The van der Waals surface area contributed by atoms with E-state index < -0.39 is 6.10 Å². The standard InChI is InChI=1S/C26H40O4/c1-4-5-6-7-8-9-17-24(27)18-12-10-15-23-16-11-13-19-25(23)29-21-14-20-26(28)30-22(2)3/h10-13,15-16,18-19,22,24,27H,4-9,14,17,20-21H2,1-3H3/b15-10+,18-12+/t24-/m0/s1. The van der Waals surface area contributed by atoms with Gasteiger partial charge in [-0.05, 0) is 32.8 Å². The van der Waals surface area contributed by atoms with Gasteiger partial charge in [0.1, 0.15) is 5.75 Å². The highest BCUT2D eigenvalue weighted by molar-refractivity contribution is 5.69. The quantitative estimate of drug-likeness (QED) is 0.190. The van der Waals surface area contributed by atoms with Gasteiger partial charge >= 0.3 is 5.97 Å². The third kappa shape index (κ3) is 13.2. The highest BCUT2D eigenvalue weighted by Crippen LogP contribution is 2.20. The van der Waals surface area contributed by atoms with Crippen LogP contribution in [0.1, 0.15) is 84.1 Å². The first kappa shape index (κ1) is 26.0. The normalized spacial score (nSPS) is 12.7. The van der Waals surface area contributed by atoms with Crippen LogP contribution in [-0.2, 0) is 9.53 Å². The molecule has 0 radical (unpaired) electrons. The molecule has 4 heteroatoms. The van der Waals surface area contributed by atoms with Crippen molar-refractivity contribution in [2.75, 3.05) is 6.61 Å². The number of hydrogen-bond acceptors (Lipinski definition) is 4. The molecule has 0 saturated heterocycles. The molecular weight excluding hydrogens is 376 g/mol. The predicted octanol–water partition coefficient (Wildman–Crippen LogP) is 6.48. The van der Waals surface area contributed by atoms with E-state index in [1.165, 1.54) is 32.1 Å². The summed E-state index contributed by atoms with van der Waals surface area (Å²) < 4.78 is 11.0. The summed E-state index contributed by atoms with van der Waals surface area (Å²) in [5, 5.41) is 10.1. The van der Waals surface area contributed by atoms with Gasteiger partial charge in [0, 0.05) is 12.0 Å². The molecule has 1 N–H and O–H groups in total. The summed E-state index contributed by atoms with van der Waals surface area (Å²) in [5.74, 6) is 0.596. The maximum absolute atomic E-state index is 11.6. The van der Waals surface area contributed by atoms with Crippen molar-refractivity contribution in [3.05, 3.63) is 48.1 Å². The molecule has 1 atom stereocenters. The molecule has 168 valence electrons. The van der Waals surface area contributed by atoms with E-state index in [-0.39, 0.29) is 12.1 Å². The number of allylic oxidation sites excluding steroid dienone is 2. The second-order valence-electron chi connectivity index (χ2n) is 7.90. The van der Waals surface area contributed by atoms with E-state index in [0.717, 1.165) is 24.2 Å². The van der Waals surface area contributed by atoms with E-state index in [0.29, 0.717) is 19.4 Å². The van der Waals surface area contributed by atoms with Crippen molar-refractivity contribution in [3.8, 4) is 5.75 Å². The van der Waals surface area contributed by atoms with Crippen LogP contribution in [0, 0.1) is 0 Å². The SMILES string of the molecule is CCCCCCCC[C@H](O)/C=C/C=C/c1ccccc1OCCCC(=O)OC(C)C. The lowest BCUT2D eigenvalue weighted by molar-refractivity contribution is -0.147. The fourth-order valence-electron chi connectivity index (χ4n) is 3.05. The van der Waals surface area contributed by atoms with Gasteiger partial charge in [0.25, 0.3) is 0 Å². The number of aliphatic hydroxyl groups is 1. The summed E-state index contributed by atoms with van der Waals surface area (Å²) in [5.41, 5.74) is 0.970. The summed E-state index contributed by atoms with van der Waals surface area (Å²) >= 11 is 0. The molecule has 1 aromatic carbocycles. The molecule has 0 aliphatic carbocycles. The molecule has 1 rings (SSSR count). The van der Waals surface area contributed by atoms with Gasteiger partial charge in [-0.25, -0.2) is 0 Å². The molecule has 0 aromatic heterocycles. The molecule has 1 aromatic rings. The minimum absolute atomic E-state index is 0.0818. The summed E-state index contributed by atoms with van der Waals surface area (Å²) in [6.07, 6.45) is 16.3. The second kappa shape index (κ2) is 16.7. The van der Waals surface area contributed by atoms with Crippen LogP contribution in [0.25, 0.3) is 6.08 Å². The third-order valence-electron chi connectivity index (χ3n) is 4.64. The maximum atomic E-state index is 11.6. The number of carbonyl (C=O) groups is 1. The summed E-state index contributed by atoms with van der Waals surface area (Å²) in [4.78, 5) is 11.6. The number of para-hydroxylation sites is 1. The molecule has 0 aliphatic rings. The molecule has 0 saturated carbocycles.